The molecule has 1 N–H and O–H groups in total. The molecule has 0 bridgehead atoms. The van der Waals surface area contributed by atoms with Gasteiger partial charge in [0.15, 0.2) is 0 Å². The molecule has 1 aromatic heterocycles. The molecule has 0 aliphatic carbocycles. The lowest BCUT2D eigenvalue weighted by molar-refractivity contribution is -0.132. The van der Waals surface area contributed by atoms with E-state index in [4.69, 9.17) is 11.6 Å². The smallest absolute Gasteiger partial charge is 0.254 e. The van der Waals surface area contributed by atoms with Crippen molar-refractivity contribution in [2.75, 3.05) is 13.1 Å². The van der Waals surface area contributed by atoms with Crippen molar-refractivity contribution >= 4 is 34.3 Å². The zero-order valence-electron chi connectivity index (χ0n) is 15.9. The highest BCUT2D eigenvalue weighted by atomic mass is 35.5. The standard InChI is InChI=1S/C22H19ClN4O2/c1-3-20(28)26-10-14(11-26)27-9-13-6-18(23)16(7-15(13)22(27)29)21-12(2)4-5-19-17(21)8-24-25-19/h3-8,14H,1,9-11H2,2H3,(H,24,25). The lowest BCUT2D eigenvalue weighted by Crippen LogP contribution is -2.60. The van der Waals surface area contributed by atoms with E-state index in [1.54, 1.807) is 11.1 Å². The second kappa shape index (κ2) is 6.46. The molecule has 0 spiro atoms. The first-order chi connectivity index (χ1) is 14.0. The molecule has 6 nitrogen and oxygen atoms in total. The largest absolute Gasteiger partial charge is 0.335 e. The Kier molecular flexibility index (Phi) is 3.99. The molecule has 146 valence electrons. The minimum absolute atomic E-state index is 0.00867. The third kappa shape index (κ3) is 2.67. The van der Waals surface area contributed by atoms with Crippen LogP contribution in [0, 0.1) is 6.92 Å². The van der Waals surface area contributed by atoms with Gasteiger partial charge in [-0.05, 0) is 47.9 Å². The number of rotatable bonds is 3. The van der Waals surface area contributed by atoms with Crippen molar-refractivity contribution < 1.29 is 9.59 Å². The molecule has 3 heterocycles. The van der Waals surface area contributed by atoms with Crippen molar-refractivity contribution in [3.8, 4) is 11.1 Å². The molecule has 29 heavy (non-hydrogen) atoms. The van der Waals surface area contributed by atoms with Crippen LogP contribution < -0.4 is 0 Å². The maximum absolute atomic E-state index is 13.1. The number of nitrogens with zero attached hydrogens (tertiary/aromatic N) is 3. The summed E-state index contributed by atoms with van der Waals surface area (Å²) in [5.74, 6) is -0.106. The predicted octanol–water partition coefficient (Wildman–Crippen LogP) is 3.54. The number of carbonyl (C=O) groups excluding carboxylic acids is 2. The summed E-state index contributed by atoms with van der Waals surface area (Å²) in [5, 5.41) is 8.73. The van der Waals surface area contributed by atoms with Crippen LogP contribution in [0.1, 0.15) is 21.5 Å². The highest BCUT2D eigenvalue weighted by Gasteiger charge is 2.40. The van der Waals surface area contributed by atoms with Crippen molar-refractivity contribution in [2.45, 2.75) is 19.5 Å². The van der Waals surface area contributed by atoms with Gasteiger partial charge in [-0.25, -0.2) is 0 Å². The summed E-state index contributed by atoms with van der Waals surface area (Å²) in [5.41, 5.74) is 5.42. The third-order valence-corrected chi connectivity index (χ3v) is 6.23. The molecular formula is C22H19ClN4O2. The van der Waals surface area contributed by atoms with Crippen molar-refractivity contribution in [3.63, 3.8) is 0 Å². The number of benzene rings is 2. The van der Waals surface area contributed by atoms with E-state index in [0.29, 0.717) is 30.2 Å². The normalized spacial score (nSPS) is 16.3. The molecule has 2 aliphatic heterocycles. The minimum Gasteiger partial charge on any atom is -0.335 e. The fourth-order valence-corrected chi connectivity index (χ4v) is 4.57. The monoisotopic (exact) mass is 406 g/mol. The summed E-state index contributed by atoms with van der Waals surface area (Å²) >= 11 is 6.66. The maximum Gasteiger partial charge on any atom is 0.254 e. The number of likely N-dealkylation sites (tertiary alicyclic amines) is 1. The lowest BCUT2D eigenvalue weighted by atomic mass is 9.94. The zero-order valence-corrected chi connectivity index (χ0v) is 16.7. The van der Waals surface area contributed by atoms with Crippen LogP contribution in [0.2, 0.25) is 5.02 Å². The Hall–Kier alpha value is -3.12. The Bertz CT molecular complexity index is 1190. The first kappa shape index (κ1) is 17.9. The Balaban J connectivity index is 1.50. The molecule has 5 rings (SSSR count). The van der Waals surface area contributed by atoms with E-state index >= 15 is 0 Å². The summed E-state index contributed by atoms with van der Waals surface area (Å²) in [7, 11) is 0. The molecule has 7 heteroatoms. The van der Waals surface area contributed by atoms with Gasteiger partial charge in [0.1, 0.15) is 0 Å². The highest BCUT2D eigenvalue weighted by Crippen LogP contribution is 2.40. The second-order valence-electron chi connectivity index (χ2n) is 7.61. The van der Waals surface area contributed by atoms with E-state index in [0.717, 1.165) is 33.2 Å². The number of aromatic amines is 1. The van der Waals surface area contributed by atoms with Gasteiger partial charge in [0, 0.05) is 41.2 Å². The summed E-state index contributed by atoms with van der Waals surface area (Å²) < 4.78 is 0. The lowest BCUT2D eigenvalue weighted by Gasteiger charge is -2.43. The molecule has 1 fully saturated rings. The number of carbonyl (C=O) groups is 2. The van der Waals surface area contributed by atoms with Gasteiger partial charge in [0.05, 0.1) is 17.8 Å². The van der Waals surface area contributed by atoms with Crippen LogP contribution in [0.15, 0.2) is 43.1 Å². The van der Waals surface area contributed by atoms with Crippen molar-refractivity contribution in [1.29, 1.82) is 0 Å². The first-order valence-electron chi connectivity index (χ1n) is 9.45. The number of halogens is 1. The average Bonchev–Trinajstić information content (AvgIpc) is 3.25. The topological polar surface area (TPSA) is 69.3 Å². The van der Waals surface area contributed by atoms with Gasteiger partial charge in [-0.1, -0.05) is 24.2 Å². The van der Waals surface area contributed by atoms with Gasteiger partial charge in [0.2, 0.25) is 5.91 Å². The molecule has 2 aromatic carbocycles. The second-order valence-corrected chi connectivity index (χ2v) is 8.02. The van der Waals surface area contributed by atoms with Crippen LogP contribution in [-0.4, -0.2) is 50.9 Å². The molecule has 0 saturated carbocycles. The number of nitrogens with one attached hydrogen (secondary N) is 1. The van der Waals surface area contributed by atoms with Crippen molar-refractivity contribution in [1.82, 2.24) is 20.0 Å². The van der Waals surface area contributed by atoms with Crippen molar-refractivity contribution in [3.05, 3.63) is 64.8 Å². The summed E-state index contributed by atoms with van der Waals surface area (Å²) in [6.45, 7) is 7.14. The van der Waals surface area contributed by atoms with Gasteiger partial charge in [-0.2, -0.15) is 5.10 Å². The number of amides is 2. The molecule has 2 aliphatic rings. The molecule has 0 radical (unpaired) electrons. The molecule has 0 atom stereocenters. The van der Waals surface area contributed by atoms with Gasteiger partial charge in [-0.15, -0.1) is 0 Å². The van der Waals surface area contributed by atoms with Crippen LogP contribution in [0.5, 0.6) is 0 Å². The molecule has 3 aromatic rings. The number of hydrogen-bond donors (Lipinski definition) is 1. The van der Waals surface area contributed by atoms with Crippen molar-refractivity contribution in [2.24, 2.45) is 0 Å². The van der Waals surface area contributed by atoms with Gasteiger partial charge >= 0.3 is 0 Å². The third-order valence-electron chi connectivity index (χ3n) is 5.92. The molecule has 2 amide bonds. The zero-order chi connectivity index (χ0) is 20.3. The van der Waals surface area contributed by atoms with Gasteiger partial charge in [-0.3, -0.25) is 14.7 Å². The Morgan fingerprint density at radius 2 is 2.10 bits per heavy atom. The number of aryl methyl sites for hydroxylation is 1. The van der Waals surface area contributed by atoms with E-state index in [9.17, 15) is 9.59 Å². The number of H-pyrrole nitrogens is 1. The van der Waals surface area contributed by atoms with Crippen LogP contribution in [0.3, 0.4) is 0 Å². The van der Waals surface area contributed by atoms with E-state index in [2.05, 4.69) is 16.8 Å². The maximum atomic E-state index is 13.1. The highest BCUT2D eigenvalue weighted by molar-refractivity contribution is 6.34. The van der Waals surface area contributed by atoms with Crippen LogP contribution in [0.4, 0.5) is 0 Å². The van der Waals surface area contributed by atoms with E-state index in [1.165, 1.54) is 6.08 Å². The molecule has 0 unspecified atom stereocenters. The number of aromatic nitrogens is 2. The summed E-state index contributed by atoms with van der Waals surface area (Å²) in [4.78, 5) is 28.3. The van der Waals surface area contributed by atoms with Crippen LogP contribution in [-0.2, 0) is 11.3 Å². The SMILES string of the molecule is C=CC(=O)N1CC(N2Cc3cc(Cl)c(-c4c(C)ccc5[nH]ncc45)cc3C2=O)C1. The average molecular weight is 407 g/mol. The fourth-order valence-electron chi connectivity index (χ4n) is 4.29. The Labute approximate surface area is 172 Å². The van der Waals surface area contributed by atoms with Gasteiger partial charge < -0.3 is 9.80 Å². The predicted molar refractivity (Wildman–Crippen MR) is 112 cm³/mol. The van der Waals surface area contributed by atoms with E-state index in [-0.39, 0.29) is 17.9 Å². The molecular weight excluding hydrogens is 388 g/mol. The quantitative estimate of drug-likeness (QED) is 0.676. The molecule has 1 saturated heterocycles. The van der Waals surface area contributed by atoms with E-state index in [1.807, 2.05) is 36.1 Å². The van der Waals surface area contributed by atoms with Crippen LogP contribution >= 0.6 is 11.6 Å². The Morgan fingerprint density at radius 1 is 1.31 bits per heavy atom. The Morgan fingerprint density at radius 3 is 2.86 bits per heavy atom. The summed E-state index contributed by atoms with van der Waals surface area (Å²) in [6, 6.07) is 7.84. The fraction of sp³-hybridized carbons (Fsp3) is 0.227. The van der Waals surface area contributed by atoms with Gasteiger partial charge in [0.25, 0.3) is 5.91 Å². The van der Waals surface area contributed by atoms with E-state index < -0.39 is 0 Å². The number of fused-ring (bicyclic) bond motifs is 2. The minimum atomic E-state index is -0.0978. The summed E-state index contributed by atoms with van der Waals surface area (Å²) in [6.07, 6.45) is 3.09. The van der Waals surface area contributed by atoms with Crippen LogP contribution in [0.25, 0.3) is 22.0 Å². The first-order valence-corrected chi connectivity index (χ1v) is 9.83. The number of hydrogen-bond acceptors (Lipinski definition) is 3.